The molecule has 0 aromatic heterocycles. The first-order valence-electron chi connectivity index (χ1n) is 4.74. The maximum atomic E-state index is 10.8. The van der Waals surface area contributed by atoms with Crippen LogP contribution in [0, 0.1) is 10.1 Å². The molecule has 7 heteroatoms. The largest absolute Gasteiger partial charge is 0.468 e. The number of carbonyl (C=O) groups is 1. The first-order chi connectivity index (χ1) is 8.02. The fraction of sp³-hybridized carbons (Fsp3) is 0.300. The van der Waals surface area contributed by atoms with Crippen molar-refractivity contribution in [1.29, 1.82) is 0 Å². The van der Waals surface area contributed by atoms with Gasteiger partial charge in [-0.1, -0.05) is 15.9 Å². The molecule has 0 saturated heterocycles. The topological polar surface area (TPSA) is 81.5 Å². The highest BCUT2D eigenvalue weighted by molar-refractivity contribution is 9.10. The Morgan fingerprint density at radius 2 is 2.24 bits per heavy atom. The Hall–Kier alpha value is -1.47. The summed E-state index contributed by atoms with van der Waals surface area (Å²) in [5, 5.41) is 13.5. The van der Waals surface area contributed by atoms with Gasteiger partial charge in [0.1, 0.15) is 0 Å². The molecule has 1 aromatic rings. The minimum atomic E-state index is -0.464. The first kappa shape index (κ1) is 13.6. The van der Waals surface area contributed by atoms with Crippen molar-refractivity contribution in [2.45, 2.75) is 6.54 Å². The van der Waals surface area contributed by atoms with Crippen LogP contribution in [0.15, 0.2) is 22.7 Å². The number of benzene rings is 1. The molecule has 1 aromatic carbocycles. The number of nitrogens with zero attached hydrogens (tertiary/aromatic N) is 1. The van der Waals surface area contributed by atoms with E-state index in [4.69, 9.17) is 0 Å². The molecule has 92 valence electrons. The van der Waals surface area contributed by atoms with Crippen LogP contribution < -0.4 is 5.32 Å². The molecule has 1 rings (SSSR count). The highest BCUT2D eigenvalue weighted by atomic mass is 79.9. The molecule has 0 bridgehead atoms. The zero-order valence-electron chi connectivity index (χ0n) is 9.10. The summed E-state index contributed by atoms with van der Waals surface area (Å²) in [6.07, 6.45) is 0. The second kappa shape index (κ2) is 6.31. The number of rotatable bonds is 5. The number of ether oxygens (including phenoxy) is 1. The standard InChI is InChI=1S/C10H11BrN2O4/c1-17-10(14)6-12-5-7-2-8(11)4-9(3-7)13(15)16/h2-4,12H,5-6H2,1H3. The van der Waals surface area contributed by atoms with Crippen LogP contribution in [0.25, 0.3) is 0 Å². The van der Waals surface area contributed by atoms with Crippen molar-refractivity contribution in [3.8, 4) is 0 Å². The predicted molar refractivity (Wildman–Crippen MR) is 64.5 cm³/mol. The van der Waals surface area contributed by atoms with Gasteiger partial charge in [0.2, 0.25) is 0 Å². The Bertz CT molecular complexity index is 436. The van der Waals surface area contributed by atoms with Gasteiger partial charge in [-0.15, -0.1) is 0 Å². The van der Waals surface area contributed by atoms with Gasteiger partial charge in [0.25, 0.3) is 5.69 Å². The molecule has 0 aliphatic heterocycles. The van der Waals surface area contributed by atoms with Gasteiger partial charge in [-0.25, -0.2) is 0 Å². The van der Waals surface area contributed by atoms with Crippen LogP contribution in [0.3, 0.4) is 0 Å². The predicted octanol–water partition coefficient (Wildman–Crippen LogP) is 1.62. The van der Waals surface area contributed by atoms with E-state index < -0.39 is 4.92 Å². The van der Waals surface area contributed by atoms with Gasteiger partial charge in [-0.05, 0) is 11.6 Å². The number of methoxy groups -OCH3 is 1. The van der Waals surface area contributed by atoms with Crippen LogP contribution in [-0.4, -0.2) is 24.5 Å². The number of nitro benzene ring substituents is 1. The molecule has 0 aliphatic carbocycles. The summed E-state index contributed by atoms with van der Waals surface area (Å²) in [5.74, 6) is -0.380. The Morgan fingerprint density at radius 1 is 1.53 bits per heavy atom. The summed E-state index contributed by atoms with van der Waals surface area (Å²) in [6, 6.07) is 4.62. The number of non-ortho nitro benzene ring substituents is 1. The molecule has 0 heterocycles. The van der Waals surface area contributed by atoms with E-state index in [-0.39, 0.29) is 18.2 Å². The molecule has 0 saturated carbocycles. The smallest absolute Gasteiger partial charge is 0.319 e. The number of nitro groups is 1. The number of carbonyl (C=O) groups excluding carboxylic acids is 1. The van der Waals surface area contributed by atoms with Gasteiger partial charge in [0, 0.05) is 23.2 Å². The van der Waals surface area contributed by atoms with E-state index in [2.05, 4.69) is 26.0 Å². The fourth-order valence-corrected chi connectivity index (χ4v) is 1.75. The van der Waals surface area contributed by atoms with Crippen LogP contribution in [0.5, 0.6) is 0 Å². The molecule has 0 spiro atoms. The molecule has 0 amide bonds. The lowest BCUT2D eigenvalue weighted by molar-refractivity contribution is -0.385. The van der Waals surface area contributed by atoms with Gasteiger partial charge in [0.05, 0.1) is 18.6 Å². The van der Waals surface area contributed by atoms with Gasteiger partial charge < -0.3 is 10.1 Å². The Labute approximate surface area is 106 Å². The summed E-state index contributed by atoms with van der Waals surface area (Å²) in [5.41, 5.74) is 0.726. The maximum Gasteiger partial charge on any atom is 0.319 e. The van der Waals surface area contributed by atoms with E-state index in [1.807, 2.05) is 0 Å². The van der Waals surface area contributed by atoms with Gasteiger partial charge >= 0.3 is 5.97 Å². The van der Waals surface area contributed by atoms with Crippen molar-refractivity contribution in [1.82, 2.24) is 5.32 Å². The molecule has 1 N–H and O–H groups in total. The van der Waals surface area contributed by atoms with E-state index in [1.165, 1.54) is 19.2 Å². The van der Waals surface area contributed by atoms with Crippen LogP contribution in [0.4, 0.5) is 5.69 Å². The average Bonchev–Trinajstić information content (AvgIpc) is 2.28. The number of nitrogens with one attached hydrogen (secondary N) is 1. The quantitative estimate of drug-likeness (QED) is 0.508. The van der Waals surface area contributed by atoms with E-state index in [9.17, 15) is 14.9 Å². The van der Waals surface area contributed by atoms with Crippen LogP contribution in [0.2, 0.25) is 0 Å². The number of esters is 1. The second-order valence-corrected chi connectivity index (χ2v) is 4.17. The molecule has 0 unspecified atom stereocenters. The fourth-order valence-electron chi connectivity index (χ4n) is 1.22. The lowest BCUT2D eigenvalue weighted by atomic mass is 10.2. The summed E-state index contributed by atoms with van der Waals surface area (Å²) < 4.78 is 5.08. The maximum absolute atomic E-state index is 10.8. The van der Waals surface area contributed by atoms with E-state index in [1.54, 1.807) is 6.07 Å². The lowest BCUT2D eigenvalue weighted by Gasteiger charge is -2.04. The summed E-state index contributed by atoms with van der Waals surface area (Å²) in [6.45, 7) is 0.423. The monoisotopic (exact) mass is 302 g/mol. The number of halogens is 1. The van der Waals surface area contributed by atoms with Crippen molar-refractivity contribution in [3.63, 3.8) is 0 Å². The molecule has 0 atom stereocenters. The summed E-state index contributed by atoms with van der Waals surface area (Å²) in [7, 11) is 1.30. The SMILES string of the molecule is COC(=O)CNCc1cc(Br)cc([N+](=O)[O-])c1. The zero-order valence-corrected chi connectivity index (χ0v) is 10.7. The molecular weight excluding hydrogens is 292 g/mol. The molecule has 0 aliphatic rings. The van der Waals surface area contributed by atoms with Crippen molar-refractivity contribution in [2.75, 3.05) is 13.7 Å². The third kappa shape index (κ3) is 4.49. The number of hydrogen-bond donors (Lipinski definition) is 1. The average molecular weight is 303 g/mol. The minimum absolute atomic E-state index is 0.00856. The van der Waals surface area contributed by atoms with E-state index >= 15 is 0 Å². The van der Waals surface area contributed by atoms with Crippen molar-refractivity contribution < 1.29 is 14.5 Å². The Balaban J connectivity index is 2.65. The number of hydrogen-bond acceptors (Lipinski definition) is 5. The third-order valence-electron chi connectivity index (χ3n) is 1.98. The van der Waals surface area contributed by atoms with Gasteiger partial charge in [0.15, 0.2) is 0 Å². The highest BCUT2D eigenvalue weighted by Crippen LogP contribution is 2.21. The minimum Gasteiger partial charge on any atom is -0.468 e. The van der Waals surface area contributed by atoms with Crippen molar-refractivity contribution in [2.24, 2.45) is 0 Å². The molecule has 0 fully saturated rings. The normalized spacial score (nSPS) is 10.0. The van der Waals surface area contributed by atoms with Crippen molar-refractivity contribution in [3.05, 3.63) is 38.3 Å². The highest BCUT2D eigenvalue weighted by Gasteiger charge is 2.08. The van der Waals surface area contributed by atoms with Crippen LogP contribution >= 0.6 is 15.9 Å². The Morgan fingerprint density at radius 3 is 2.82 bits per heavy atom. The summed E-state index contributed by atoms with van der Waals surface area (Å²) in [4.78, 5) is 21.0. The van der Waals surface area contributed by atoms with Gasteiger partial charge in [-0.2, -0.15) is 0 Å². The Kier molecular flexibility index (Phi) is 5.05. The van der Waals surface area contributed by atoms with E-state index in [0.29, 0.717) is 11.0 Å². The third-order valence-corrected chi connectivity index (χ3v) is 2.44. The molecule has 0 radical (unpaired) electrons. The zero-order chi connectivity index (χ0) is 12.8. The summed E-state index contributed by atoms with van der Waals surface area (Å²) >= 11 is 3.19. The van der Waals surface area contributed by atoms with Crippen LogP contribution in [-0.2, 0) is 16.1 Å². The molecular formula is C10H11BrN2O4. The second-order valence-electron chi connectivity index (χ2n) is 3.25. The van der Waals surface area contributed by atoms with Gasteiger partial charge in [-0.3, -0.25) is 14.9 Å². The van der Waals surface area contributed by atoms with Crippen molar-refractivity contribution >= 4 is 27.6 Å². The molecule has 6 nitrogen and oxygen atoms in total. The van der Waals surface area contributed by atoms with E-state index in [0.717, 1.165) is 5.56 Å². The molecule has 17 heavy (non-hydrogen) atoms. The first-order valence-corrected chi connectivity index (χ1v) is 5.53. The van der Waals surface area contributed by atoms with Crippen LogP contribution in [0.1, 0.15) is 5.56 Å². The lowest BCUT2D eigenvalue weighted by Crippen LogP contribution is -2.23.